The normalized spacial score (nSPS) is 12.5. The maximum atomic E-state index is 13.7. The van der Waals surface area contributed by atoms with Crippen molar-refractivity contribution in [1.82, 2.24) is 10.2 Å². The van der Waals surface area contributed by atoms with Crippen LogP contribution in [0.15, 0.2) is 41.8 Å². The molecule has 2 rings (SSSR count). The van der Waals surface area contributed by atoms with Gasteiger partial charge in [0, 0.05) is 11.4 Å². The molecule has 1 aromatic carbocycles. The predicted molar refractivity (Wildman–Crippen MR) is 133 cm³/mol. The lowest BCUT2D eigenvalue weighted by atomic mass is 10.0. The molecular formula is C25H32F3N3O5S. The zero-order valence-corrected chi connectivity index (χ0v) is 21.8. The van der Waals surface area contributed by atoms with E-state index in [9.17, 15) is 27.6 Å². The number of halogens is 3. The van der Waals surface area contributed by atoms with Crippen LogP contribution in [-0.4, -0.2) is 41.2 Å². The number of amides is 3. The third kappa shape index (κ3) is 10.7. The lowest BCUT2D eigenvalue weighted by molar-refractivity contribution is -0.140. The van der Waals surface area contributed by atoms with E-state index in [-0.39, 0.29) is 31.7 Å². The number of hydrogen-bond donors (Lipinski definition) is 2. The fourth-order valence-corrected chi connectivity index (χ4v) is 4.21. The molecule has 0 aliphatic rings. The van der Waals surface area contributed by atoms with Gasteiger partial charge in [-0.15, -0.1) is 11.3 Å². The van der Waals surface area contributed by atoms with Crippen LogP contribution in [0.2, 0.25) is 0 Å². The van der Waals surface area contributed by atoms with Crippen molar-refractivity contribution in [2.75, 3.05) is 6.61 Å². The van der Waals surface area contributed by atoms with E-state index in [1.807, 2.05) is 0 Å². The number of primary amides is 1. The van der Waals surface area contributed by atoms with E-state index in [0.717, 1.165) is 10.9 Å². The molecule has 1 atom stereocenters. The highest BCUT2D eigenvalue weighted by atomic mass is 32.1. The maximum absolute atomic E-state index is 13.7. The largest absolute Gasteiger partial charge is 0.450 e. The summed E-state index contributed by atoms with van der Waals surface area (Å²) in [6.45, 7) is 4.77. The van der Waals surface area contributed by atoms with Crippen LogP contribution in [0.5, 0.6) is 0 Å². The monoisotopic (exact) mass is 543 g/mol. The number of carbonyl (C=O) groups is 3. The van der Waals surface area contributed by atoms with Gasteiger partial charge in [0.25, 0.3) is 0 Å². The van der Waals surface area contributed by atoms with Crippen molar-refractivity contribution in [3.8, 4) is 0 Å². The number of nitrogens with two attached hydrogens (primary N) is 1. The van der Waals surface area contributed by atoms with E-state index in [0.29, 0.717) is 12.8 Å². The first-order chi connectivity index (χ1) is 17.3. The van der Waals surface area contributed by atoms with Gasteiger partial charge in [-0.1, -0.05) is 24.3 Å². The second kappa shape index (κ2) is 13.3. The van der Waals surface area contributed by atoms with Gasteiger partial charge in [0.15, 0.2) is 0 Å². The second-order valence-electron chi connectivity index (χ2n) is 9.29. The molecule has 12 heteroatoms. The second-order valence-corrected chi connectivity index (χ2v) is 10.3. The zero-order valence-electron chi connectivity index (χ0n) is 21.0. The minimum atomic E-state index is -4.59. The number of nitrogens with zero attached hydrogens (tertiary/aromatic N) is 1. The number of alkyl carbamates (subject to hydrolysis) is 1. The molecule has 2 aromatic rings. The maximum Gasteiger partial charge on any atom is 0.416 e. The molecule has 1 heterocycles. The highest BCUT2D eigenvalue weighted by Crippen LogP contribution is 2.33. The summed E-state index contributed by atoms with van der Waals surface area (Å²) in [4.78, 5) is 39.0. The van der Waals surface area contributed by atoms with Gasteiger partial charge in [-0.3, -0.25) is 4.79 Å². The summed E-state index contributed by atoms with van der Waals surface area (Å²) in [5, 5.41) is 4.36. The summed E-state index contributed by atoms with van der Waals surface area (Å²) < 4.78 is 50.9. The van der Waals surface area contributed by atoms with Crippen LogP contribution in [0.25, 0.3) is 0 Å². The van der Waals surface area contributed by atoms with Gasteiger partial charge < -0.3 is 25.4 Å². The molecule has 37 heavy (non-hydrogen) atoms. The van der Waals surface area contributed by atoms with Gasteiger partial charge in [0.2, 0.25) is 5.91 Å². The van der Waals surface area contributed by atoms with Crippen LogP contribution in [0.1, 0.15) is 56.0 Å². The Morgan fingerprint density at radius 2 is 1.76 bits per heavy atom. The minimum Gasteiger partial charge on any atom is -0.450 e. The average Bonchev–Trinajstić information content (AvgIpc) is 3.28. The summed E-state index contributed by atoms with van der Waals surface area (Å²) in [6, 6.07) is 7.54. The van der Waals surface area contributed by atoms with Gasteiger partial charge in [-0.2, -0.15) is 13.2 Å². The topological polar surface area (TPSA) is 111 Å². The van der Waals surface area contributed by atoms with Gasteiger partial charge in [-0.25, -0.2) is 9.59 Å². The fourth-order valence-electron chi connectivity index (χ4n) is 3.49. The summed E-state index contributed by atoms with van der Waals surface area (Å²) >= 11 is 1.36. The number of carbonyl (C=O) groups excluding carboxylic acids is 3. The molecule has 8 nitrogen and oxygen atoms in total. The third-order valence-corrected chi connectivity index (χ3v) is 5.90. The molecule has 0 bridgehead atoms. The third-order valence-electron chi connectivity index (χ3n) is 5.04. The Hall–Kier alpha value is -3.28. The van der Waals surface area contributed by atoms with Gasteiger partial charge in [0.1, 0.15) is 11.6 Å². The molecule has 0 saturated heterocycles. The van der Waals surface area contributed by atoms with Crippen LogP contribution in [0.3, 0.4) is 0 Å². The Morgan fingerprint density at radius 1 is 1.05 bits per heavy atom. The van der Waals surface area contributed by atoms with Crippen molar-refractivity contribution in [1.29, 1.82) is 0 Å². The molecule has 0 aliphatic heterocycles. The van der Waals surface area contributed by atoms with E-state index in [1.165, 1.54) is 34.4 Å². The Labute approximate surface area is 217 Å². The Kier molecular flexibility index (Phi) is 10.8. The van der Waals surface area contributed by atoms with Crippen LogP contribution in [-0.2, 0) is 33.5 Å². The lowest BCUT2D eigenvalue weighted by Gasteiger charge is -2.29. The van der Waals surface area contributed by atoms with E-state index in [4.69, 9.17) is 15.2 Å². The first-order valence-corrected chi connectivity index (χ1v) is 12.5. The quantitative estimate of drug-likeness (QED) is 0.366. The summed E-state index contributed by atoms with van der Waals surface area (Å²) in [5.74, 6) is -0.563. The number of thiophene rings is 1. The van der Waals surface area contributed by atoms with E-state index in [2.05, 4.69) is 5.32 Å². The Balaban J connectivity index is 2.30. The van der Waals surface area contributed by atoms with Crippen molar-refractivity contribution in [2.24, 2.45) is 5.73 Å². The molecule has 0 fully saturated rings. The molecular weight excluding hydrogens is 511 g/mol. The molecule has 3 amide bonds. The fraction of sp³-hybridized carbons (Fsp3) is 0.480. The molecule has 0 aliphatic carbocycles. The Morgan fingerprint density at radius 3 is 2.35 bits per heavy atom. The van der Waals surface area contributed by atoms with Crippen molar-refractivity contribution in [3.05, 3.63) is 57.8 Å². The SMILES string of the molecule is CC(C)(C)OC(=O)N[C@@H](CCCCOC(N)=O)C(=O)N(Cc1cccs1)Cc1ccccc1C(F)(F)F. The number of nitrogens with one attached hydrogen (secondary N) is 1. The smallest absolute Gasteiger partial charge is 0.416 e. The predicted octanol–water partition coefficient (Wildman–Crippen LogP) is 5.45. The van der Waals surface area contributed by atoms with Crippen LogP contribution >= 0.6 is 11.3 Å². The van der Waals surface area contributed by atoms with Crippen LogP contribution < -0.4 is 11.1 Å². The van der Waals surface area contributed by atoms with Crippen molar-refractivity contribution >= 4 is 29.4 Å². The number of benzene rings is 1. The van der Waals surface area contributed by atoms with Crippen LogP contribution in [0, 0.1) is 0 Å². The van der Waals surface area contributed by atoms with Gasteiger partial charge in [-0.05, 0) is 63.1 Å². The number of alkyl halides is 3. The van der Waals surface area contributed by atoms with E-state index < -0.39 is 41.5 Å². The molecule has 0 saturated carbocycles. The molecule has 0 unspecified atom stereocenters. The summed E-state index contributed by atoms with van der Waals surface area (Å²) in [7, 11) is 0. The van der Waals surface area contributed by atoms with Crippen LogP contribution in [0.4, 0.5) is 22.8 Å². The number of hydrogen-bond acceptors (Lipinski definition) is 6. The lowest BCUT2D eigenvalue weighted by Crippen LogP contribution is -2.49. The minimum absolute atomic E-state index is 0.0283. The van der Waals surface area contributed by atoms with E-state index >= 15 is 0 Å². The van der Waals surface area contributed by atoms with Crippen molar-refractivity contribution in [2.45, 2.75) is 70.9 Å². The highest BCUT2D eigenvalue weighted by Gasteiger charge is 2.35. The van der Waals surface area contributed by atoms with Crippen molar-refractivity contribution in [3.63, 3.8) is 0 Å². The average molecular weight is 544 g/mol. The number of unbranched alkanes of at least 4 members (excludes halogenated alkanes) is 1. The first kappa shape index (κ1) is 29.9. The van der Waals surface area contributed by atoms with Gasteiger partial charge in [0.05, 0.1) is 18.7 Å². The first-order valence-electron chi connectivity index (χ1n) is 11.6. The highest BCUT2D eigenvalue weighted by molar-refractivity contribution is 7.09. The number of rotatable bonds is 11. The molecule has 3 N–H and O–H groups in total. The summed E-state index contributed by atoms with van der Waals surface area (Å²) in [6.07, 6.45) is -5.48. The molecule has 0 spiro atoms. The summed E-state index contributed by atoms with van der Waals surface area (Å²) in [5.41, 5.74) is 3.23. The molecule has 1 aromatic heterocycles. The number of ether oxygens (including phenoxy) is 2. The Bertz CT molecular complexity index is 1040. The molecule has 0 radical (unpaired) electrons. The van der Waals surface area contributed by atoms with Crippen molar-refractivity contribution < 1.29 is 37.0 Å². The van der Waals surface area contributed by atoms with Gasteiger partial charge >= 0.3 is 18.4 Å². The standard InChI is InChI=1S/C25H32F3N3O5S/c1-24(2,3)36-23(34)30-20(12-6-7-13-35-22(29)33)21(32)31(16-18-10-8-14-37-18)15-17-9-4-5-11-19(17)25(26,27)28/h4-5,8-11,14,20H,6-7,12-13,15-16H2,1-3H3,(H2,29,33)(H,30,34)/t20-/m0/s1. The molecule has 204 valence electrons. The zero-order chi connectivity index (χ0) is 27.6. The van der Waals surface area contributed by atoms with E-state index in [1.54, 1.807) is 38.3 Å².